The van der Waals surface area contributed by atoms with E-state index in [0.29, 0.717) is 18.6 Å². The minimum Gasteiger partial charge on any atom is -0.496 e. The molecule has 3 aliphatic rings. The van der Waals surface area contributed by atoms with Crippen LogP contribution in [0, 0.1) is 13.8 Å². The van der Waals surface area contributed by atoms with Gasteiger partial charge in [0.2, 0.25) is 0 Å². The molecule has 226 valence electrons. The van der Waals surface area contributed by atoms with Crippen molar-refractivity contribution in [1.82, 2.24) is 15.5 Å². The van der Waals surface area contributed by atoms with Crippen LogP contribution >= 0.6 is 0 Å². The number of hydrogen-bond acceptors (Lipinski definition) is 5. The first-order valence-electron chi connectivity index (χ1n) is 15.9. The van der Waals surface area contributed by atoms with E-state index in [-0.39, 0.29) is 11.9 Å². The summed E-state index contributed by atoms with van der Waals surface area (Å²) in [7, 11) is 3.89. The molecule has 6 heteroatoms. The van der Waals surface area contributed by atoms with E-state index in [1.54, 1.807) is 7.11 Å². The Balaban J connectivity index is 1.22. The van der Waals surface area contributed by atoms with E-state index in [1.165, 1.54) is 28.0 Å². The zero-order chi connectivity index (χ0) is 29.9. The highest BCUT2D eigenvalue weighted by Crippen LogP contribution is 2.37. The number of nitrogens with one attached hydrogen (secondary N) is 2. The van der Waals surface area contributed by atoms with Gasteiger partial charge in [-0.2, -0.15) is 0 Å². The number of aryl methyl sites for hydroxylation is 2. The van der Waals surface area contributed by atoms with Crippen LogP contribution < -0.4 is 20.3 Å². The summed E-state index contributed by atoms with van der Waals surface area (Å²) >= 11 is 0. The molecule has 6 rings (SSSR count). The third kappa shape index (κ3) is 6.51. The van der Waals surface area contributed by atoms with Crippen molar-refractivity contribution in [2.24, 2.45) is 0 Å². The van der Waals surface area contributed by atoms with Crippen LogP contribution in [0.25, 0.3) is 5.57 Å². The number of anilines is 1. The molecule has 2 aliphatic heterocycles. The smallest absolute Gasteiger partial charge is 0.252 e. The van der Waals surface area contributed by atoms with Crippen LogP contribution in [0.1, 0.15) is 53.5 Å². The Kier molecular flexibility index (Phi) is 8.87. The Labute approximate surface area is 257 Å². The zero-order valence-corrected chi connectivity index (χ0v) is 26.2. The molecular weight excluding hydrogens is 532 g/mol. The molecule has 0 spiro atoms. The van der Waals surface area contributed by atoms with Gasteiger partial charge in [-0.3, -0.25) is 4.79 Å². The average molecular weight is 579 g/mol. The van der Waals surface area contributed by atoms with Crippen molar-refractivity contribution < 1.29 is 9.53 Å². The maximum absolute atomic E-state index is 14.5. The molecule has 2 heterocycles. The fourth-order valence-corrected chi connectivity index (χ4v) is 6.89. The minimum absolute atomic E-state index is 0.0271. The van der Waals surface area contributed by atoms with Crippen LogP contribution in [0.4, 0.5) is 5.69 Å². The number of carbonyl (C=O) groups is 1. The van der Waals surface area contributed by atoms with Gasteiger partial charge in [-0.15, -0.1) is 0 Å². The molecule has 3 aromatic carbocycles. The van der Waals surface area contributed by atoms with Gasteiger partial charge in [-0.25, -0.2) is 0 Å². The molecule has 0 aromatic heterocycles. The van der Waals surface area contributed by atoms with Gasteiger partial charge in [-0.05, 0) is 91.5 Å². The van der Waals surface area contributed by atoms with Gasteiger partial charge in [0.25, 0.3) is 5.91 Å². The Bertz CT molecular complexity index is 1480. The quantitative estimate of drug-likeness (QED) is 0.308. The van der Waals surface area contributed by atoms with E-state index < -0.39 is 0 Å². The number of piperazine rings is 1. The van der Waals surface area contributed by atoms with E-state index in [1.807, 2.05) is 12.1 Å². The Morgan fingerprint density at radius 1 is 0.977 bits per heavy atom. The lowest BCUT2D eigenvalue weighted by atomic mass is 9.83. The summed E-state index contributed by atoms with van der Waals surface area (Å²) in [5.74, 6) is 1.06. The summed E-state index contributed by atoms with van der Waals surface area (Å²) < 4.78 is 5.59. The van der Waals surface area contributed by atoms with Gasteiger partial charge in [-0.1, -0.05) is 54.6 Å². The largest absolute Gasteiger partial charge is 0.496 e. The second-order valence-electron chi connectivity index (χ2n) is 12.6. The number of hydrogen-bond donors (Lipinski definition) is 2. The summed E-state index contributed by atoms with van der Waals surface area (Å²) in [4.78, 5) is 19.0. The molecular formula is C37H46N4O2. The molecule has 6 nitrogen and oxygen atoms in total. The van der Waals surface area contributed by atoms with Crippen molar-refractivity contribution in [3.8, 4) is 5.75 Å². The molecule has 0 radical (unpaired) electrons. The van der Waals surface area contributed by atoms with E-state index >= 15 is 0 Å². The van der Waals surface area contributed by atoms with E-state index in [2.05, 4.69) is 95.9 Å². The number of para-hydroxylation sites is 1. The van der Waals surface area contributed by atoms with E-state index in [4.69, 9.17) is 4.74 Å². The fourth-order valence-electron chi connectivity index (χ4n) is 6.89. The minimum atomic E-state index is 0.0271. The van der Waals surface area contributed by atoms with Gasteiger partial charge in [0.1, 0.15) is 5.75 Å². The first-order chi connectivity index (χ1) is 20.9. The average Bonchev–Trinajstić information content (AvgIpc) is 3.86. The molecule has 0 unspecified atom stereocenters. The summed E-state index contributed by atoms with van der Waals surface area (Å²) in [5, 5.41) is 7.34. The lowest BCUT2D eigenvalue weighted by Crippen LogP contribution is -2.60. The van der Waals surface area contributed by atoms with Gasteiger partial charge in [0.15, 0.2) is 0 Å². The molecule has 2 atom stereocenters. The number of amides is 1. The summed E-state index contributed by atoms with van der Waals surface area (Å²) in [6.45, 7) is 7.61. The van der Waals surface area contributed by atoms with E-state index in [0.717, 1.165) is 74.2 Å². The number of carbonyl (C=O) groups excluding carboxylic acids is 1. The Morgan fingerprint density at radius 3 is 2.51 bits per heavy atom. The predicted molar refractivity (Wildman–Crippen MR) is 176 cm³/mol. The Hall–Kier alpha value is -3.61. The second kappa shape index (κ2) is 12.9. The molecule has 3 aromatic rings. The van der Waals surface area contributed by atoms with Crippen LogP contribution in [-0.4, -0.2) is 62.7 Å². The van der Waals surface area contributed by atoms with Crippen LogP contribution in [0.5, 0.6) is 5.75 Å². The molecule has 1 saturated heterocycles. The van der Waals surface area contributed by atoms with Crippen molar-refractivity contribution in [3.05, 3.63) is 100 Å². The van der Waals surface area contributed by atoms with Crippen molar-refractivity contribution in [2.45, 2.75) is 70.6 Å². The lowest BCUT2D eigenvalue weighted by Gasteiger charge is -2.41. The van der Waals surface area contributed by atoms with Crippen LogP contribution in [0.15, 0.2) is 72.3 Å². The highest BCUT2D eigenvalue weighted by atomic mass is 16.5. The van der Waals surface area contributed by atoms with Crippen molar-refractivity contribution in [3.63, 3.8) is 0 Å². The van der Waals surface area contributed by atoms with Crippen LogP contribution in [-0.2, 0) is 17.8 Å². The molecule has 1 amide bonds. The van der Waals surface area contributed by atoms with Crippen molar-refractivity contribution in [2.75, 3.05) is 38.7 Å². The maximum Gasteiger partial charge on any atom is 0.252 e. The Morgan fingerprint density at radius 2 is 1.77 bits per heavy atom. The lowest BCUT2D eigenvalue weighted by molar-refractivity contribution is -0.128. The van der Waals surface area contributed by atoms with Crippen LogP contribution in [0.3, 0.4) is 0 Å². The molecule has 43 heavy (non-hydrogen) atoms. The van der Waals surface area contributed by atoms with Gasteiger partial charge in [0.05, 0.1) is 13.2 Å². The molecule has 2 fully saturated rings. The highest BCUT2D eigenvalue weighted by Gasteiger charge is 2.41. The van der Waals surface area contributed by atoms with Gasteiger partial charge < -0.3 is 25.2 Å². The summed E-state index contributed by atoms with van der Waals surface area (Å²) in [6, 6.07) is 24.5. The van der Waals surface area contributed by atoms with Crippen molar-refractivity contribution in [1.29, 1.82) is 0 Å². The van der Waals surface area contributed by atoms with Gasteiger partial charge in [0, 0.05) is 56.6 Å². The summed E-state index contributed by atoms with van der Waals surface area (Å²) in [6.07, 6.45) is 5.14. The number of rotatable bonds is 11. The van der Waals surface area contributed by atoms with Crippen molar-refractivity contribution >= 4 is 17.2 Å². The SMILES string of the molecule is COc1cccc(CN(C(=O)C2=C(c3ccc(CCCN(C)c4ccccc4C)cc3)C[C@H]3CNC[C@H]2N3)C2CC2)c1C. The number of ether oxygens (including phenoxy) is 1. The number of methoxy groups -OCH3 is 1. The first-order valence-corrected chi connectivity index (χ1v) is 15.9. The molecule has 1 aliphatic carbocycles. The normalized spacial score (nSPS) is 19.7. The maximum atomic E-state index is 14.5. The third-order valence-electron chi connectivity index (χ3n) is 9.52. The summed E-state index contributed by atoms with van der Waals surface area (Å²) in [5.41, 5.74) is 9.59. The number of nitrogens with zero attached hydrogens (tertiary/aromatic N) is 2. The third-order valence-corrected chi connectivity index (χ3v) is 9.52. The second-order valence-corrected chi connectivity index (χ2v) is 12.6. The monoisotopic (exact) mass is 578 g/mol. The topological polar surface area (TPSA) is 56.8 Å². The zero-order valence-electron chi connectivity index (χ0n) is 26.2. The molecule has 1 saturated carbocycles. The fraction of sp³-hybridized carbons (Fsp3) is 0.432. The van der Waals surface area contributed by atoms with Gasteiger partial charge >= 0.3 is 0 Å². The standard InChI is InChI=1S/C37H46N4O2/c1-25-9-5-6-12-34(25)40(3)20-8-10-27-14-16-28(17-15-27)32-21-30-22-38-23-33(39-30)36(32)37(42)41(31-18-19-31)24-29-11-7-13-35(43-4)26(29)2/h5-7,9,11-17,30-31,33,38-39H,8,10,18-24H2,1-4H3/t30-,33+/m0/s1. The molecule has 2 bridgehead atoms. The molecule has 2 N–H and O–H groups in total. The number of fused-ring (bicyclic) bond motifs is 2. The van der Waals surface area contributed by atoms with Crippen LogP contribution in [0.2, 0.25) is 0 Å². The first kappa shape index (κ1) is 29.5. The van der Waals surface area contributed by atoms with E-state index in [9.17, 15) is 4.79 Å². The number of benzene rings is 3. The predicted octanol–water partition coefficient (Wildman–Crippen LogP) is 5.66. The highest BCUT2D eigenvalue weighted by molar-refractivity contribution is 6.03.